The normalized spacial score (nSPS) is 16.0. The first-order valence-corrected chi connectivity index (χ1v) is 6.84. The van der Waals surface area contributed by atoms with E-state index >= 15 is 0 Å². The van der Waals surface area contributed by atoms with Crippen molar-refractivity contribution in [2.75, 3.05) is 37.0 Å². The van der Waals surface area contributed by atoms with Crippen molar-refractivity contribution in [1.29, 1.82) is 0 Å². The maximum atomic E-state index is 11.2. The van der Waals surface area contributed by atoms with Crippen molar-refractivity contribution < 1.29 is 9.53 Å². The Bertz CT molecular complexity index is 472. The molecule has 1 aromatic heterocycles. The highest BCUT2D eigenvalue weighted by Gasteiger charge is 2.26. The van der Waals surface area contributed by atoms with Crippen LogP contribution in [0.2, 0.25) is 0 Å². The third-order valence-corrected chi connectivity index (χ3v) is 3.53. The molecule has 7 nitrogen and oxygen atoms in total. The van der Waals surface area contributed by atoms with Crippen LogP contribution in [-0.4, -0.2) is 42.6 Å². The van der Waals surface area contributed by atoms with Crippen LogP contribution in [0, 0.1) is 5.92 Å². The smallest absolute Gasteiger partial charge is 0.220 e. The number of anilines is 2. The van der Waals surface area contributed by atoms with Crippen molar-refractivity contribution in [3.8, 4) is 5.75 Å². The van der Waals surface area contributed by atoms with Crippen molar-refractivity contribution in [3.63, 3.8) is 0 Å². The molecule has 0 bridgehead atoms. The number of rotatable bonds is 5. The molecule has 0 atom stereocenters. The van der Waals surface area contributed by atoms with Gasteiger partial charge in [-0.2, -0.15) is 0 Å². The van der Waals surface area contributed by atoms with Crippen molar-refractivity contribution in [1.82, 2.24) is 9.97 Å². The number of methoxy groups -OCH3 is 1. The molecule has 7 heteroatoms. The van der Waals surface area contributed by atoms with Crippen LogP contribution in [0.5, 0.6) is 5.75 Å². The molecule has 20 heavy (non-hydrogen) atoms. The number of amides is 1. The van der Waals surface area contributed by atoms with Gasteiger partial charge >= 0.3 is 0 Å². The number of nitrogens with one attached hydrogen (secondary N) is 1. The summed E-state index contributed by atoms with van der Waals surface area (Å²) in [5, 5.41) is 3.16. The summed E-state index contributed by atoms with van der Waals surface area (Å²) in [6.07, 6.45) is 3.02. The first-order valence-electron chi connectivity index (χ1n) is 6.84. The number of hydrogen-bond acceptors (Lipinski definition) is 6. The molecule has 1 amide bonds. The second-order valence-corrected chi connectivity index (χ2v) is 4.77. The minimum atomic E-state index is -0.215. The molecule has 0 aromatic carbocycles. The minimum absolute atomic E-state index is 0.0349. The van der Waals surface area contributed by atoms with Crippen LogP contribution in [0.25, 0.3) is 0 Å². The number of nitrogens with two attached hydrogens (primary N) is 1. The Morgan fingerprint density at radius 3 is 2.75 bits per heavy atom. The molecule has 2 heterocycles. The predicted octanol–water partition coefficient (Wildman–Crippen LogP) is 0.619. The molecular formula is C13H21N5O2. The van der Waals surface area contributed by atoms with Gasteiger partial charge in [0.05, 0.1) is 7.11 Å². The number of primary amides is 1. The number of hydrogen-bond donors (Lipinski definition) is 2. The Labute approximate surface area is 118 Å². The first kappa shape index (κ1) is 14.4. The molecule has 1 aliphatic heterocycles. The fraction of sp³-hybridized carbons (Fsp3) is 0.615. The minimum Gasteiger partial charge on any atom is -0.490 e. The highest BCUT2D eigenvalue weighted by atomic mass is 16.5. The van der Waals surface area contributed by atoms with Crippen LogP contribution >= 0.6 is 0 Å². The Morgan fingerprint density at radius 2 is 2.20 bits per heavy atom. The van der Waals surface area contributed by atoms with Gasteiger partial charge in [0.2, 0.25) is 11.7 Å². The molecule has 1 aliphatic rings. The number of piperidine rings is 1. The maximum Gasteiger partial charge on any atom is 0.220 e. The van der Waals surface area contributed by atoms with Gasteiger partial charge in [0.15, 0.2) is 11.6 Å². The summed E-state index contributed by atoms with van der Waals surface area (Å²) < 4.78 is 5.44. The summed E-state index contributed by atoms with van der Waals surface area (Å²) in [5.74, 6) is 1.85. The zero-order chi connectivity index (χ0) is 14.5. The van der Waals surface area contributed by atoms with Gasteiger partial charge in [0.1, 0.15) is 6.33 Å². The van der Waals surface area contributed by atoms with Gasteiger partial charge in [-0.1, -0.05) is 0 Å². The van der Waals surface area contributed by atoms with Gasteiger partial charge in [-0.3, -0.25) is 4.79 Å². The van der Waals surface area contributed by atoms with Crippen molar-refractivity contribution >= 4 is 17.5 Å². The molecule has 0 aliphatic carbocycles. The second kappa shape index (κ2) is 6.40. The van der Waals surface area contributed by atoms with E-state index in [-0.39, 0.29) is 11.8 Å². The van der Waals surface area contributed by atoms with Crippen LogP contribution in [0.15, 0.2) is 6.33 Å². The molecule has 3 N–H and O–H groups in total. The highest BCUT2D eigenvalue weighted by molar-refractivity contribution is 5.77. The fourth-order valence-corrected chi connectivity index (χ4v) is 2.45. The van der Waals surface area contributed by atoms with E-state index in [1.807, 2.05) is 6.92 Å². The lowest BCUT2D eigenvalue weighted by Gasteiger charge is -2.32. The number of aromatic nitrogens is 2. The molecule has 0 radical (unpaired) electrons. The first-order chi connectivity index (χ1) is 9.67. The van der Waals surface area contributed by atoms with E-state index in [2.05, 4.69) is 20.2 Å². The topological polar surface area (TPSA) is 93.4 Å². The standard InChI is InChI=1S/C13H21N5O2/c1-3-15-12-10(20-2)13(17-8-16-12)18-6-4-9(5-7-18)11(14)19/h8-9H,3-7H2,1-2H3,(H2,14,19)(H,15,16,17). The number of ether oxygens (including phenoxy) is 1. The number of carbonyl (C=O) groups is 1. The fourth-order valence-electron chi connectivity index (χ4n) is 2.45. The second-order valence-electron chi connectivity index (χ2n) is 4.77. The van der Waals surface area contributed by atoms with Crippen molar-refractivity contribution in [3.05, 3.63) is 6.33 Å². The van der Waals surface area contributed by atoms with E-state index in [1.54, 1.807) is 7.11 Å². The summed E-state index contributed by atoms with van der Waals surface area (Å²) >= 11 is 0. The number of nitrogens with zero attached hydrogens (tertiary/aromatic N) is 3. The van der Waals surface area contributed by atoms with Crippen LogP contribution in [-0.2, 0) is 4.79 Å². The van der Waals surface area contributed by atoms with Crippen molar-refractivity contribution in [2.24, 2.45) is 11.7 Å². The zero-order valence-electron chi connectivity index (χ0n) is 11.9. The van der Waals surface area contributed by atoms with E-state index < -0.39 is 0 Å². The lowest BCUT2D eigenvalue weighted by molar-refractivity contribution is -0.122. The molecule has 1 saturated heterocycles. The summed E-state index contributed by atoms with van der Waals surface area (Å²) in [4.78, 5) is 21.8. The SMILES string of the molecule is CCNc1ncnc(N2CCC(C(N)=O)CC2)c1OC. The Kier molecular flexibility index (Phi) is 4.60. The molecule has 0 unspecified atom stereocenters. The Balaban J connectivity index is 2.17. The maximum absolute atomic E-state index is 11.2. The van der Waals surface area contributed by atoms with Gasteiger partial charge in [0.25, 0.3) is 0 Å². The van der Waals surface area contributed by atoms with Crippen molar-refractivity contribution in [2.45, 2.75) is 19.8 Å². The summed E-state index contributed by atoms with van der Waals surface area (Å²) in [5.41, 5.74) is 5.35. The molecule has 110 valence electrons. The van der Waals surface area contributed by atoms with Gasteiger partial charge in [0, 0.05) is 25.6 Å². The third-order valence-electron chi connectivity index (χ3n) is 3.53. The van der Waals surface area contributed by atoms with Gasteiger partial charge in [-0.25, -0.2) is 9.97 Å². The Morgan fingerprint density at radius 1 is 1.50 bits per heavy atom. The molecule has 0 spiro atoms. The monoisotopic (exact) mass is 279 g/mol. The molecule has 2 rings (SSSR count). The van der Waals surface area contributed by atoms with Gasteiger partial charge in [-0.05, 0) is 19.8 Å². The molecular weight excluding hydrogens is 258 g/mol. The summed E-state index contributed by atoms with van der Waals surface area (Å²) in [7, 11) is 1.61. The van der Waals surface area contributed by atoms with Crippen LogP contribution < -0.4 is 20.7 Å². The lowest BCUT2D eigenvalue weighted by Crippen LogP contribution is -2.39. The third kappa shape index (κ3) is 2.92. The molecule has 1 aromatic rings. The number of carbonyl (C=O) groups excluding carboxylic acids is 1. The quantitative estimate of drug-likeness (QED) is 0.820. The van der Waals surface area contributed by atoms with Gasteiger partial charge in [-0.15, -0.1) is 0 Å². The molecule has 1 fully saturated rings. The lowest BCUT2D eigenvalue weighted by atomic mass is 9.96. The highest BCUT2D eigenvalue weighted by Crippen LogP contribution is 2.33. The van der Waals surface area contributed by atoms with Crippen LogP contribution in [0.3, 0.4) is 0 Å². The summed E-state index contributed by atoms with van der Waals surface area (Å²) in [6.45, 7) is 4.25. The zero-order valence-corrected chi connectivity index (χ0v) is 11.9. The molecule has 0 saturated carbocycles. The predicted molar refractivity (Wildman–Crippen MR) is 76.9 cm³/mol. The average Bonchev–Trinajstić information content (AvgIpc) is 2.47. The van der Waals surface area contributed by atoms with E-state index in [1.165, 1.54) is 6.33 Å². The summed E-state index contributed by atoms with van der Waals surface area (Å²) in [6, 6.07) is 0. The average molecular weight is 279 g/mol. The van der Waals surface area contributed by atoms with E-state index in [0.717, 1.165) is 38.3 Å². The van der Waals surface area contributed by atoms with E-state index in [0.29, 0.717) is 11.6 Å². The van der Waals surface area contributed by atoms with E-state index in [9.17, 15) is 4.79 Å². The van der Waals surface area contributed by atoms with Crippen LogP contribution in [0.4, 0.5) is 11.6 Å². The Hall–Kier alpha value is -2.05. The van der Waals surface area contributed by atoms with Gasteiger partial charge < -0.3 is 20.7 Å². The largest absolute Gasteiger partial charge is 0.490 e. The van der Waals surface area contributed by atoms with Crippen LogP contribution in [0.1, 0.15) is 19.8 Å². The van der Waals surface area contributed by atoms with E-state index in [4.69, 9.17) is 10.5 Å².